The predicted molar refractivity (Wildman–Crippen MR) is 60.6 cm³/mol. The molecular weight excluding hydrogens is 208 g/mol. The molecule has 0 aromatic heterocycles. The van der Waals surface area contributed by atoms with Crippen molar-refractivity contribution in [3.8, 4) is 0 Å². The summed E-state index contributed by atoms with van der Waals surface area (Å²) in [6, 6.07) is 0. The maximum Gasteiger partial charge on any atom is 0.274 e. The lowest BCUT2D eigenvalue weighted by Crippen LogP contribution is -2.44. The molecule has 0 aromatic rings. The van der Waals surface area contributed by atoms with Crippen molar-refractivity contribution in [3.05, 3.63) is 0 Å². The van der Waals surface area contributed by atoms with E-state index < -0.39 is 12.2 Å². The highest BCUT2D eigenvalue weighted by atomic mass is 16.7. The van der Waals surface area contributed by atoms with Gasteiger partial charge < -0.3 is 15.2 Å². The number of carbonyl (C=O) groups excluding carboxylic acids is 1. The number of rotatable bonds is 6. The first-order valence-corrected chi connectivity index (χ1v) is 5.95. The van der Waals surface area contributed by atoms with Crippen LogP contribution in [0.25, 0.3) is 0 Å². The number of hydrogen-bond donors (Lipinski definition) is 1. The average molecular weight is 230 g/mol. The van der Waals surface area contributed by atoms with E-state index in [4.69, 9.17) is 15.2 Å². The molecule has 0 aliphatic carbocycles. The minimum Gasteiger partial charge on any atom is -0.365 e. The Morgan fingerprint density at radius 1 is 1.38 bits per heavy atom. The summed E-state index contributed by atoms with van der Waals surface area (Å²) in [7, 11) is 0. The van der Waals surface area contributed by atoms with Crippen molar-refractivity contribution in [1.82, 2.24) is 4.90 Å². The van der Waals surface area contributed by atoms with Gasteiger partial charge in [0.05, 0.1) is 0 Å². The van der Waals surface area contributed by atoms with Crippen LogP contribution in [0.15, 0.2) is 0 Å². The molecule has 2 unspecified atom stereocenters. The summed E-state index contributed by atoms with van der Waals surface area (Å²) in [5.41, 5.74) is 5.19. The van der Waals surface area contributed by atoms with Gasteiger partial charge in [-0.3, -0.25) is 9.69 Å². The largest absolute Gasteiger partial charge is 0.365 e. The van der Waals surface area contributed by atoms with Crippen molar-refractivity contribution < 1.29 is 14.3 Å². The third-order valence-electron chi connectivity index (χ3n) is 2.78. The lowest BCUT2D eigenvalue weighted by atomic mass is 10.1. The fraction of sp³-hybridized carbons (Fsp3) is 0.909. The molecule has 94 valence electrons. The second kappa shape index (κ2) is 6.83. The quantitative estimate of drug-likeness (QED) is 0.682. The van der Waals surface area contributed by atoms with Crippen LogP contribution in [0.2, 0.25) is 0 Å². The number of primary amides is 1. The van der Waals surface area contributed by atoms with Crippen LogP contribution >= 0.6 is 0 Å². The molecule has 1 aliphatic rings. The van der Waals surface area contributed by atoms with Crippen LogP contribution in [0.5, 0.6) is 0 Å². The third-order valence-corrected chi connectivity index (χ3v) is 2.78. The van der Waals surface area contributed by atoms with Crippen LogP contribution in [-0.2, 0) is 14.3 Å². The van der Waals surface area contributed by atoms with Crippen molar-refractivity contribution in [2.75, 3.05) is 19.7 Å². The van der Waals surface area contributed by atoms with E-state index in [2.05, 4.69) is 4.90 Å². The van der Waals surface area contributed by atoms with Crippen molar-refractivity contribution in [2.24, 2.45) is 5.73 Å². The zero-order valence-electron chi connectivity index (χ0n) is 10.1. The fourth-order valence-electron chi connectivity index (χ4n) is 1.89. The smallest absolute Gasteiger partial charge is 0.274 e. The van der Waals surface area contributed by atoms with Crippen LogP contribution in [0.3, 0.4) is 0 Å². The van der Waals surface area contributed by atoms with E-state index in [-0.39, 0.29) is 6.23 Å². The highest BCUT2D eigenvalue weighted by Gasteiger charge is 2.24. The van der Waals surface area contributed by atoms with Crippen LogP contribution in [-0.4, -0.2) is 43.0 Å². The molecule has 2 N–H and O–H groups in total. The van der Waals surface area contributed by atoms with E-state index >= 15 is 0 Å². The number of piperidine rings is 1. The number of likely N-dealkylation sites (tertiary alicyclic amines) is 1. The van der Waals surface area contributed by atoms with Crippen molar-refractivity contribution >= 4 is 5.91 Å². The van der Waals surface area contributed by atoms with Gasteiger partial charge in [0.1, 0.15) is 6.23 Å². The van der Waals surface area contributed by atoms with Gasteiger partial charge in [-0.1, -0.05) is 6.42 Å². The Hall–Kier alpha value is -0.650. The second-order valence-corrected chi connectivity index (χ2v) is 4.02. The normalized spacial score (nSPS) is 21.6. The highest BCUT2D eigenvalue weighted by Crippen LogP contribution is 2.14. The molecule has 0 aromatic carbocycles. The highest BCUT2D eigenvalue weighted by molar-refractivity contribution is 5.77. The van der Waals surface area contributed by atoms with Gasteiger partial charge >= 0.3 is 0 Å². The molecule has 2 atom stereocenters. The van der Waals surface area contributed by atoms with E-state index in [1.54, 1.807) is 0 Å². The molecule has 5 nitrogen and oxygen atoms in total. The minimum atomic E-state index is -0.929. The summed E-state index contributed by atoms with van der Waals surface area (Å²) < 4.78 is 10.7. The predicted octanol–water partition coefficient (Wildman–Crippen LogP) is 0.683. The van der Waals surface area contributed by atoms with Gasteiger partial charge in [0, 0.05) is 19.7 Å². The van der Waals surface area contributed by atoms with Gasteiger partial charge in [-0.05, 0) is 26.7 Å². The molecule has 1 fully saturated rings. The van der Waals surface area contributed by atoms with Crippen molar-refractivity contribution in [1.29, 1.82) is 0 Å². The Kier molecular flexibility index (Phi) is 5.73. The molecule has 5 heteroatoms. The lowest BCUT2D eigenvalue weighted by Gasteiger charge is -2.33. The first-order valence-electron chi connectivity index (χ1n) is 5.95. The summed E-state index contributed by atoms with van der Waals surface area (Å²) >= 11 is 0. The van der Waals surface area contributed by atoms with Gasteiger partial charge in [-0.2, -0.15) is 0 Å². The van der Waals surface area contributed by atoms with Crippen LogP contribution < -0.4 is 5.73 Å². The molecule has 0 bridgehead atoms. The number of nitrogens with zero attached hydrogens (tertiary/aromatic N) is 1. The average Bonchev–Trinajstić information content (AvgIpc) is 2.29. The van der Waals surface area contributed by atoms with E-state index in [0.29, 0.717) is 6.61 Å². The van der Waals surface area contributed by atoms with Gasteiger partial charge in [-0.25, -0.2) is 0 Å². The third kappa shape index (κ3) is 4.08. The Morgan fingerprint density at radius 3 is 2.50 bits per heavy atom. The van der Waals surface area contributed by atoms with Crippen LogP contribution in [0, 0.1) is 0 Å². The maximum absolute atomic E-state index is 11.1. The minimum absolute atomic E-state index is 0.121. The van der Waals surface area contributed by atoms with Crippen molar-refractivity contribution in [2.45, 2.75) is 45.6 Å². The molecule has 0 spiro atoms. The number of amides is 1. The molecule has 1 heterocycles. The molecule has 0 radical (unpaired) electrons. The van der Waals surface area contributed by atoms with Gasteiger partial charge in [0.15, 0.2) is 0 Å². The maximum atomic E-state index is 11.1. The zero-order valence-corrected chi connectivity index (χ0v) is 10.1. The van der Waals surface area contributed by atoms with Crippen LogP contribution in [0.4, 0.5) is 0 Å². The lowest BCUT2D eigenvalue weighted by molar-refractivity contribution is -0.202. The summed E-state index contributed by atoms with van der Waals surface area (Å²) in [4.78, 5) is 13.3. The van der Waals surface area contributed by atoms with Crippen molar-refractivity contribution in [3.63, 3.8) is 0 Å². The second-order valence-electron chi connectivity index (χ2n) is 4.02. The first kappa shape index (κ1) is 13.4. The molecule has 1 saturated heterocycles. The molecule has 1 amide bonds. The van der Waals surface area contributed by atoms with Crippen LogP contribution in [0.1, 0.15) is 33.1 Å². The molecule has 16 heavy (non-hydrogen) atoms. The molecular formula is C11H22N2O3. The summed E-state index contributed by atoms with van der Waals surface area (Å²) in [5.74, 6) is -0.564. The van der Waals surface area contributed by atoms with Gasteiger partial charge in [0.25, 0.3) is 5.91 Å². The van der Waals surface area contributed by atoms with E-state index in [0.717, 1.165) is 13.1 Å². The standard InChI is InChI=1S/C11H22N2O3/c1-3-15-11(10(12)14)16-9(2)13-7-5-4-6-8-13/h9,11H,3-8H2,1-2H3,(H2,12,14). The number of carbonyl (C=O) groups is 1. The summed E-state index contributed by atoms with van der Waals surface area (Å²) in [6.45, 7) is 6.18. The molecule has 1 rings (SSSR count). The van der Waals surface area contributed by atoms with E-state index in [1.807, 2.05) is 13.8 Å². The summed E-state index contributed by atoms with van der Waals surface area (Å²) in [5, 5.41) is 0. The number of nitrogens with two attached hydrogens (primary N) is 1. The monoisotopic (exact) mass is 230 g/mol. The fourth-order valence-corrected chi connectivity index (χ4v) is 1.89. The van der Waals surface area contributed by atoms with Gasteiger partial charge in [0.2, 0.25) is 6.29 Å². The van der Waals surface area contributed by atoms with E-state index in [1.165, 1.54) is 19.3 Å². The van der Waals surface area contributed by atoms with Gasteiger partial charge in [-0.15, -0.1) is 0 Å². The number of hydrogen-bond acceptors (Lipinski definition) is 4. The number of ether oxygens (including phenoxy) is 2. The summed E-state index contributed by atoms with van der Waals surface area (Å²) in [6.07, 6.45) is 2.59. The van der Waals surface area contributed by atoms with E-state index in [9.17, 15) is 4.79 Å². The Labute approximate surface area is 96.9 Å². The molecule has 1 aliphatic heterocycles. The zero-order chi connectivity index (χ0) is 12.0. The SMILES string of the molecule is CCOC(OC(C)N1CCCCC1)C(N)=O. The topological polar surface area (TPSA) is 64.8 Å². The Morgan fingerprint density at radius 2 is 2.00 bits per heavy atom. The molecule has 0 saturated carbocycles. The Balaban J connectivity index is 2.39. The first-order chi connectivity index (χ1) is 7.65. The Bertz CT molecular complexity index is 217.